The summed E-state index contributed by atoms with van der Waals surface area (Å²) in [5, 5.41) is 5.39. The van der Waals surface area contributed by atoms with E-state index in [0.29, 0.717) is 5.13 Å². The summed E-state index contributed by atoms with van der Waals surface area (Å²) >= 11 is 4.77. The first-order valence-electron chi connectivity index (χ1n) is 6.45. The summed E-state index contributed by atoms with van der Waals surface area (Å²) in [7, 11) is 0. The lowest BCUT2D eigenvalue weighted by molar-refractivity contribution is -0.117. The van der Waals surface area contributed by atoms with Crippen molar-refractivity contribution in [1.29, 1.82) is 0 Å². The van der Waals surface area contributed by atoms with Crippen molar-refractivity contribution in [2.45, 2.75) is 31.5 Å². The normalized spacial score (nSPS) is 11.4. The van der Waals surface area contributed by atoms with Gasteiger partial charge in [-0.1, -0.05) is 47.1 Å². The van der Waals surface area contributed by atoms with E-state index in [1.165, 1.54) is 16.9 Å². The van der Waals surface area contributed by atoms with Gasteiger partial charge in [-0.05, 0) is 25.8 Å². The van der Waals surface area contributed by atoms with Crippen LogP contribution in [0, 0.1) is 0 Å². The maximum absolute atomic E-state index is 11.9. The fourth-order valence-corrected chi connectivity index (χ4v) is 2.43. The van der Waals surface area contributed by atoms with Gasteiger partial charge in [0, 0.05) is 10.9 Å². The molecule has 106 valence electrons. The summed E-state index contributed by atoms with van der Waals surface area (Å²) in [5.74, 6) is -0.0975. The molecule has 0 unspecified atom stereocenters. The number of hydrogen-bond acceptors (Lipinski definition) is 3. The minimum atomic E-state index is -0.596. The van der Waals surface area contributed by atoms with Crippen molar-refractivity contribution in [2.24, 2.45) is 0 Å². The van der Waals surface area contributed by atoms with Gasteiger partial charge in [-0.2, -0.15) is 0 Å². The van der Waals surface area contributed by atoms with E-state index in [1.54, 1.807) is 13.8 Å². The van der Waals surface area contributed by atoms with Gasteiger partial charge in [0.2, 0.25) is 5.91 Å². The standard InChI is InChI=1S/C15H17BrN2OS/c1-4-10-5-7-11(8-6-10)12-9-20-14(17-12)18-13(19)15(2,3)16/h5-9H,4H2,1-3H3,(H,17,18,19). The number of aromatic nitrogens is 1. The second kappa shape index (κ2) is 6.06. The average molecular weight is 353 g/mol. The number of nitrogens with one attached hydrogen (secondary N) is 1. The Morgan fingerprint density at radius 3 is 2.55 bits per heavy atom. The predicted octanol–water partition coefficient (Wildman–Crippen LogP) is 4.48. The monoisotopic (exact) mass is 352 g/mol. The van der Waals surface area contributed by atoms with Gasteiger partial charge in [0.25, 0.3) is 0 Å². The fraction of sp³-hybridized carbons (Fsp3) is 0.333. The van der Waals surface area contributed by atoms with E-state index in [2.05, 4.69) is 57.4 Å². The number of nitrogens with zero attached hydrogens (tertiary/aromatic N) is 1. The molecule has 20 heavy (non-hydrogen) atoms. The van der Waals surface area contributed by atoms with Crippen LogP contribution >= 0.6 is 27.3 Å². The fourth-order valence-electron chi connectivity index (χ4n) is 1.62. The number of aryl methyl sites for hydroxylation is 1. The second-order valence-electron chi connectivity index (χ2n) is 5.01. The molecular formula is C15H17BrN2OS. The van der Waals surface area contributed by atoms with Crippen LogP contribution in [0.1, 0.15) is 26.3 Å². The molecule has 0 bridgehead atoms. The highest BCUT2D eigenvalue weighted by atomic mass is 79.9. The van der Waals surface area contributed by atoms with Gasteiger partial charge in [-0.3, -0.25) is 4.79 Å². The molecule has 1 N–H and O–H groups in total. The molecule has 0 aliphatic carbocycles. The van der Waals surface area contributed by atoms with Crippen LogP contribution in [0.25, 0.3) is 11.3 Å². The van der Waals surface area contributed by atoms with Crippen molar-refractivity contribution in [3.63, 3.8) is 0 Å². The van der Waals surface area contributed by atoms with E-state index in [9.17, 15) is 4.79 Å². The number of alkyl halides is 1. The zero-order valence-electron chi connectivity index (χ0n) is 11.7. The molecule has 0 atom stereocenters. The van der Waals surface area contributed by atoms with E-state index in [4.69, 9.17) is 0 Å². The maximum Gasteiger partial charge on any atom is 0.242 e. The number of rotatable bonds is 4. The average Bonchev–Trinajstić information content (AvgIpc) is 2.86. The topological polar surface area (TPSA) is 42.0 Å². The molecule has 2 rings (SSSR count). The quantitative estimate of drug-likeness (QED) is 0.824. The molecule has 1 amide bonds. The van der Waals surface area contributed by atoms with Crippen molar-refractivity contribution in [3.8, 4) is 11.3 Å². The van der Waals surface area contributed by atoms with Crippen LogP contribution in [-0.4, -0.2) is 15.2 Å². The smallest absolute Gasteiger partial charge is 0.242 e. The number of anilines is 1. The Hall–Kier alpha value is -1.20. The molecule has 2 aromatic rings. The number of thiazole rings is 1. The van der Waals surface area contributed by atoms with Crippen molar-refractivity contribution < 1.29 is 4.79 Å². The van der Waals surface area contributed by atoms with Gasteiger partial charge < -0.3 is 5.32 Å². The number of carbonyl (C=O) groups excluding carboxylic acids is 1. The third-order valence-electron chi connectivity index (χ3n) is 2.92. The van der Waals surface area contributed by atoms with Crippen LogP contribution in [-0.2, 0) is 11.2 Å². The number of hydrogen-bond donors (Lipinski definition) is 1. The van der Waals surface area contributed by atoms with E-state index in [1.807, 2.05) is 5.38 Å². The van der Waals surface area contributed by atoms with Gasteiger partial charge in [-0.15, -0.1) is 11.3 Å². The van der Waals surface area contributed by atoms with E-state index >= 15 is 0 Å². The first-order chi connectivity index (χ1) is 9.40. The van der Waals surface area contributed by atoms with Crippen molar-refractivity contribution in [2.75, 3.05) is 5.32 Å². The highest BCUT2D eigenvalue weighted by Gasteiger charge is 2.24. The molecule has 0 saturated carbocycles. The van der Waals surface area contributed by atoms with Crippen LogP contribution in [0.5, 0.6) is 0 Å². The van der Waals surface area contributed by atoms with Crippen molar-refractivity contribution in [1.82, 2.24) is 4.98 Å². The number of halogens is 1. The van der Waals surface area contributed by atoms with Gasteiger partial charge in [-0.25, -0.2) is 4.98 Å². The lowest BCUT2D eigenvalue weighted by atomic mass is 10.1. The molecule has 0 aliphatic heterocycles. The Kier molecular flexibility index (Phi) is 4.60. The van der Waals surface area contributed by atoms with Crippen molar-refractivity contribution in [3.05, 3.63) is 35.2 Å². The van der Waals surface area contributed by atoms with Crippen LogP contribution in [0.3, 0.4) is 0 Å². The molecule has 0 radical (unpaired) electrons. The largest absolute Gasteiger partial charge is 0.301 e. The van der Waals surface area contributed by atoms with Crippen LogP contribution in [0.15, 0.2) is 29.6 Å². The summed E-state index contributed by atoms with van der Waals surface area (Å²) in [6, 6.07) is 8.34. The number of benzene rings is 1. The van der Waals surface area contributed by atoms with Gasteiger partial charge in [0.05, 0.1) is 10.0 Å². The SMILES string of the molecule is CCc1ccc(-c2csc(NC(=O)C(C)(C)Br)n2)cc1. The number of carbonyl (C=O) groups is 1. The molecule has 3 nitrogen and oxygen atoms in total. The third-order valence-corrected chi connectivity index (χ3v) is 4.04. The Bertz CT molecular complexity index is 599. The Morgan fingerprint density at radius 1 is 1.35 bits per heavy atom. The van der Waals surface area contributed by atoms with Gasteiger partial charge >= 0.3 is 0 Å². The van der Waals surface area contributed by atoms with Gasteiger partial charge in [0.1, 0.15) is 0 Å². The Morgan fingerprint density at radius 2 is 2.00 bits per heavy atom. The third kappa shape index (κ3) is 3.67. The molecule has 0 fully saturated rings. The molecule has 0 spiro atoms. The molecule has 1 aromatic heterocycles. The summed E-state index contributed by atoms with van der Waals surface area (Å²) < 4.78 is -0.596. The van der Waals surface area contributed by atoms with Crippen LogP contribution < -0.4 is 5.32 Å². The summed E-state index contributed by atoms with van der Waals surface area (Å²) in [5.41, 5.74) is 3.26. The molecular weight excluding hydrogens is 336 g/mol. The van der Waals surface area contributed by atoms with Gasteiger partial charge in [0.15, 0.2) is 5.13 Å². The van der Waals surface area contributed by atoms with E-state index in [-0.39, 0.29) is 5.91 Å². The maximum atomic E-state index is 11.9. The number of amides is 1. The predicted molar refractivity (Wildman–Crippen MR) is 88.6 cm³/mol. The molecule has 0 aliphatic rings. The Balaban J connectivity index is 2.14. The lowest BCUT2D eigenvalue weighted by Crippen LogP contribution is -2.30. The van der Waals surface area contributed by atoms with Crippen LogP contribution in [0.4, 0.5) is 5.13 Å². The first kappa shape index (κ1) is 15.2. The van der Waals surface area contributed by atoms with Crippen molar-refractivity contribution >= 4 is 38.3 Å². The molecule has 1 aromatic carbocycles. The Labute approximate surface area is 131 Å². The second-order valence-corrected chi connectivity index (χ2v) is 7.86. The minimum Gasteiger partial charge on any atom is -0.301 e. The van der Waals surface area contributed by atoms with E-state index < -0.39 is 4.32 Å². The molecule has 5 heteroatoms. The molecule has 1 heterocycles. The summed E-state index contributed by atoms with van der Waals surface area (Å²) in [6.45, 7) is 5.74. The highest BCUT2D eigenvalue weighted by molar-refractivity contribution is 9.10. The van der Waals surface area contributed by atoms with Crippen LogP contribution in [0.2, 0.25) is 0 Å². The zero-order valence-corrected chi connectivity index (χ0v) is 14.1. The zero-order chi connectivity index (χ0) is 14.8. The summed E-state index contributed by atoms with van der Waals surface area (Å²) in [6.07, 6.45) is 1.03. The molecule has 0 saturated heterocycles. The first-order valence-corrected chi connectivity index (χ1v) is 8.12. The summed E-state index contributed by atoms with van der Waals surface area (Å²) in [4.78, 5) is 16.3. The van der Waals surface area contributed by atoms with E-state index in [0.717, 1.165) is 17.7 Å². The highest BCUT2D eigenvalue weighted by Crippen LogP contribution is 2.26. The lowest BCUT2D eigenvalue weighted by Gasteiger charge is -2.13. The minimum absolute atomic E-state index is 0.0975.